The van der Waals surface area contributed by atoms with E-state index in [4.69, 9.17) is 9.47 Å². The molecule has 138 valence electrons. The second-order valence-corrected chi connectivity index (χ2v) is 6.79. The van der Waals surface area contributed by atoms with Gasteiger partial charge >= 0.3 is 5.97 Å². The van der Waals surface area contributed by atoms with E-state index in [1.165, 1.54) is 47.7 Å². The average Bonchev–Trinajstić information content (AvgIpc) is 3.30. The van der Waals surface area contributed by atoms with Gasteiger partial charge < -0.3 is 9.47 Å². The average molecular weight is 393 g/mol. The number of non-ortho nitro benzene ring substituents is 1. The van der Waals surface area contributed by atoms with E-state index in [1.54, 1.807) is 6.08 Å². The first kappa shape index (κ1) is 17.6. The Labute approximate surface area is 162 Å². The first-order chi connectivity index (χ1) is 13.5. The Balaban J connectivity index is 1.55. The molecule has 0 fully saturated rings. The topological polar surface area (TPSA) is 95.7 Å². The minimum absolute atomic E-state index is 0.0463. The third kappa shape index (κ3) is 3.40. The number of rotatable bonds is 4. The molecule has 1 aliphatic heterocycles. The van der Waals surface area contributed by atoms with Crippen LogP contribution in [-0.2, 0) is 0 Å². The van der Waals surface area contributed by atoms with Gasteiger partial charge in [-0.25, -0.2) is 4.79 Å². The zero-order valence-electron chi connectivity index (χ0n) is 14.2. The summed E-state index contributed by atoms with van der Waals surface area (Å²) in [6, 6.07) is 13.4. The van der Waals surface area contributed by atoms with Gasteiger partial charge in [-0.2, -0.15) is 0 Å². The predicted molar refractivity (Wildman–Crippen MR) is 102 cm³/mol. The third-order valence-electron chi connectivity index (χ3n) is 3.96. The van der Waals surface area contributed by atoms with E-state index in [2.05, 4.69) is 0 Å². The molecule has 2 aromatic carbocycles. The SMILES string of the molecule is O=C(Oc1ccc2c(c1)OC(=Cc1cccs1)C2=O)c1cccc([N+](=O)[O-])c1. The van der Waals surface area contributed by atoms with Gasteiger partial charge in [-0.3, -0.25) is 14.9 Å². The molecule has 0 N–H and O–H groups in total. The van der Waals surface area contributed by atoms with E-state index < -0.39 is 10.9 Å². The fourth-order valence-corrected chi connectivity index (χ4v) is 3.29. The van der Waals surface area contributed by atoms with E-state index >= 15 is 0 Å². The van der Waals surface area contributed by atoms with E-state index in [9.17, 15) is 19.7 Å². The quantitative estimate of drug-likeness (QED) is 0.213. The minimum atomic E-state index is -0.748. The summed E-state index contributed by atoms with van der Waals surface area (Å²) >= 11 is 1.48. The second kappa shape index (κ2) is 7.09. The normalized spacial score (nSPS) is 13.9. The molecule has 4 rings (SSSR count). The molecule has 0 aliphatic carbocycles. The van der Waals surface area contributed by atoms with Gasteiger partial charge in [-0.05, 0) is 29.6 Å². The van der Waals surface area contributed by atoms with Gasteiger partial charge in [-0.1, -0.05) is 12.1 Å². The van der Waals surface area contributed by atoms with Crippen LogP contribution in [0.1, 0.15) is 25.6 Å². The number of benzene rings is 2. The summed E-state index contributed by atoms with van der Waals surface area (Å²) in [5.41, 5.74) is 0.212. The molecule has 0 unspecified atom stereocenters. The van der Waals surface area contributed by atoms with Crippen molar-refractivity contribution in [2.75, 3.05) is 0 Å². The van der Waals surface area contributed by atoms with Gasteiger partial charge in [0.1, 0.15) is 11.5 Å². The van der Waals surface area contributed by atoms with Crippen molar-refractivity contribution in [3.05, 3.63) is 91.9 Å². The Morgan fingerprint density at radius 1 is 1.14 bits per heavy atom. The molecule has 28 heavy (non-hydrogen) atoms. The van der Waals surface area contributed by atoms with Crippen LogP contribution in [0.25, 0.3) is 6.08 Å². The number of Topliss-reactive ketones (excluding diaryl/α,β-unsaturated/α-hetero) is 1. The maximum atomic E-state index is 12.4. The van der Waals surface area contributed by atoms with Gasteiger partial charge in [-0.15, -0.1) is 11.3 Å². The summed E-state index contributed by atoms with van der Waals surface area (Å²) in [5, 5.41) is 12.7. The molecule has 0 spiro atoms. The Morgan fingerprint density at radius 2 is 2.00 bits per heavy atom. The van der Waals surface area contributed by atoms with Crippen LogP contribution in [0.5, 0.6) is 11.5 Å². The number of nitro groups is 1. The Kier molecular flexibility index (Phi) is 4.46. The van der Waals surface area contributed by atoms with Crippen LogP contribution in [0.3, 0.4) is 0 Å². The van der Waals surface area contributed by atoms with Crippen molar-refractivity contribution in [3.63, 3.8) is 0 Å². The maximum absolute atomic E-state index is 12.4. The van der Waals surface area contributed by atoms with Crippen molar-refractivity contribution in [2.24, 2.45) is 0 Å². The number of fused-ring (bicyclic) bond motifs is 1. The molecular weight excluding hydrogens is 382 g/mol. The van der Waals surface area contributed by atoms with Gasteiger partial charge in [0.05, 0.1) is 16.1 Å². The zero-order chi connectivity index (χ0) is 19.7. The molecule has 7 nitrogen and oxygen atoms in total. The first-order valence-electron chi connectivity index (χ1n) is 8.10. The van der Waals surface area contributed by atoms with Crippen LogP contribution in [0.2, 0.25) is 0 Å². The number of allylic oxidation sites excluding steroid dienone is 1. The lowest BCUT2D eigenvalue weighted by Gasteiger charge is -2.05. The lowest BCUT2D eigenvalue weighted by atomic mass is 10.1. The number of nitrogens with zero attached hydrogens (tertiary/aromatic N) is 1. The van der Waals surface area contributed by atoms with Crippen molar-refractivity contribution in [1.29, 1.82) is 0 Å². The van der Waals surface area contributed by atoms with Gasteiger partial charge in [0.25, 0.3) is 5.69 Å². The van der Waals surface area contributed by atoms with Crippen LogP contribution < -0.4 is 9.47 Å². The highest BCUT2D eigenvalue weighted by atomic mass is 32.1. The summed E-state index contributed by atoms with van der Waals surface area (Å²) in [6.07, 6.45) is 1.65. The number of hydrogen-bond donors (Lipinski definition) is 0. The smallest absolute Gasteiger partial charge is 0.343 e. The fraction of sp³-hybridized carbons (Fsp3) is 0. The molecule has 0 amide bonds. The van der Waals surface area contributed by atoms with Crippen molar-refractivity contribution in [3.8, 4) is 11.5 Å². The number of carbonyl (C=O) groups is 2. The van der Waals surface area contributed by atoms with Gasteiger partial charge in [0.2, 0.25) is 5.78 Å². The van der Waals surface area contributed by atoms with Crippen LogP contribution in [0, 0.1) is 10.1 Å². The number of ether oxygens (including phenoxy) is 2. The number of nitro benzene ring substituents is 1. The molecular formula is C20H11NO6S. The maximum Gasteiger partial charge on any atom is 0.343 e. The number of carbonyl (C=O) groups excluding carboxylic acids is 2. The number of thiophene rings is 1. The zero-order valence-corrected chi connectivity index (χ0v) is 15.0. The Hall–Kier alpha value is -3.78. The Morgan fingerprint density at radius 3 is 2.75 bits per heavy atom. The van der Waals surface area contributed by atoms with Crippen molar-refractivity contribution >= 4 is 34.9 Å². The molecule has 0 saturated carbocycles. The molecule has 0 saturated heterocycles. The van der Waals surface area contributed by atoms with Crippen LogP contribution in [-0.4, -0.2) is 16.7 Å². The lowest BCUT2D eigenvalue weighted by molar-refractivity contribution is -0.384. The molecule has 1 aromatic heterocycles. The molecule has 3 aromatic rings. The van der Waals surface area contributed by atoms with Crippen molar-refractivity contribution in [2.45, 2.75) is 0 Å². The summed E-state index contributed by atoms with van der Waals surface area (Å²) in [5.74, 6) is -0.348. The molecule has 2 heterocycles. The third-order valence-corrected chi connectivity index (χ3v) is 4.78. The van der Waals surface area contributed by atoms with Crippen LogP contribution in [0.15, 0.2) is 65.7 Å². The Bertz CT molecular complexity index is 1130. The molecule has 1 aliphatic rings. The van der Waals surface area contributed by atoms with Gasteiger partial charge in [0.15, 0.2) is 5.76 Å². The molecule has 0 bridgehead atoms. The van der Waals surface area contributed by atoms with E-state index in [1.807, 2.05) is 17.5 Å². The van der Waals surface area contributed by atoms with Crippen molar-refractivity contribution < 1.29 is 24.0 Å². The molecule has 0 radical (unpaired) electrons. The highest BCUT2D eigenvalue weighted by molar-refractivity contribution is 7.10. The van der Waals surface area contributed by atoms with Crippen molar-refractivity contribution in [1.82, 2.24) is 0 Å². The number of hydrogen-bond acceptors (Lipinski definition) is 7. The number of ketones is 1. The predicted octanol–water partition coefficient (Wildman–Crippen LogP) is 4.49. The summed E-state index contributed by atoms with van der Waals surface area (Å²) in [4.78, 5) is 35.8. The van der Waals surface area contributed by atoms with E-state index in [0.717, 1.165) is 10.9 Å². The summed E-state index contributed by atoms with van der Waals surface area (Å²) < 4.78 is 10.9. The number of esters is 1. The standard InChI is InChI=1S/C20H11NO6S/c22-19-16-7-6-14(10-17(16)27-18(19)11-15-5-2-8-28-15)26-20(23)12-3-1-4-13(9-12)21(24)25/h1-11H. The first-order valence-corrected chi connectivity index (χ1v) is 8.98. The van der Waals surface area contributed by atoms with Crippen LogP contribution in [0.4, 0.5) is 5.69 Å². The van der Waals surface area contributed by atoms with E-state index in [-0.39, 0.29) is 34.3 Å². The van der Waals surface area contributed by atoms with Crippen LogP contribution >= 0.6 is 11.3 Å². The van der Waals surface area contributed by atoms with E-state index in [0.29, 0.717) is 5.56 Å². The monoisotopic (exact) mass is 393 g/mol. The second-order valence-electron chi connectivity index (χ2n) is 5.81. The highest BCUT2D eigenvalue weighted by Gasteiger charge is 2.28. The lowest BCUT2D eigenvalue weighted by Crippen LogP contribution is -2.08. The minimum Gasteiger partial charge on any atom is -0.452 e. The summed E-state index contributed by atoms with van der Waals surface area (Å²) in [6.45, 7) is 0. The fourth-order valence-electron chi connectivity index (χ4n) is 2.65. The van der Waals surface area contributed by atoms with Gasteiger partial charge in [0, 0.05) is 29.2 Å². The highest BCUT2D eigenvalue weighted by Crippen LogP contribution is 2.35. The molecule has 8 heteroatoms. The largest absolute Gasteiger partial charge is 0.452 e. The summed E-state index contributed by atoms with van der Waals surface area (Å²) in [7, 11) is 0. The molecule has 0 atom stereocenters.